The van der Waals surface area contributed by atoms with Crippen molar-refractivity contribution in [3.8, 4) is 16.2 Å². The van der Waals surface area contributed by atoms with Crippen LogP contribution in [-0.4, -0.2) is 63.5 Å². The molecule has 8 heteroatoms. The lowest BCUT2D eigenvalue weighted by Gasteiger charge is -2.31. The average molecular weight is 481 g/mol. The van der Waals surface area contributed by atoms with Crippen molar-refractivity contribution in [3.05, 3.63) is 32.6 Å². The fourth-order valence-electron chi connectivity index (χ4n) is 4.57. The van der Waals surface area contributed by atoms with Crippen LogP contribution in [0.15, 0.2) is 12.1 Å². The number of aromatic hydroxyl groups is 1. The van der Waals surface area contributed by atoms with Crippen LogP contribution in [0.2, 0.25) is 0 Å². The van der Waals surface area contributed by atoms with Gasteiger partial charge in [-0.15, -0.1) is 0 Å². The summed E-state index contributed by atoms with van der Waals surface area (Å²) < 4.78 is 0.966. The van der Waals surface area contributed by atoms with E-state index in [1.54, 1.807) is 20.7 Å². The Labute approximate surface area is 197 Å². The molecule has 0 radical (unpaired) electrons. The van der Waals surface area contributed by atoms with E-state index in [1.807, 2.05) is 0 Å². The van der Waals surface area contributed by atoms with Crippen molar-refractivity contribution in [1.29, 1.82) is 0 Å². The Kier molecular flexibility index (Phi) is 7.80. The predicted octanol–water partition coefficient (Wildman–Crippen LogP) is 4.39. The van der Waals surface area contributed by atoms with Crippen molar-refractivity contribution in [3.63, 3.8) is 0 Å². The fourth-order valence-corrected chi connectivity index (χ4v) is 7.69. The highest BCUT2D eigenvalue weighted by atomic mass is 32.9. The van der Waals surface area contributed by atoms with Crippen molar-refractivity contribution in [1.82, 2.24) is 9.80 Å². The molecular formula is C23H32N2O3S3. The molecule has 1 aromatic carbocycles. The van der Waals surface area contributed by atoms with E-state index in [9.17, 15) is 15.3 Å². The van der Waals surface area contributed by atoms with Crippen LogP contribution in [0.1, 0.15) is 49.3 Å². The molecule has 2 aliphatic heterocycles. The molecule has 1 aromatic heterocycles. The van der Waals surface area contributed by atoms with Crippen molar-refractivity contribution < 1.29 is 15.3 Å². The summed E-state index contributed by atoms with van der Waals surface area (Å²) in [6, 6.07) is 4.27. The lowest BCUT2D eigenvalue weighted by Crippen LogP contribution is -2.36. The molecule has 0 spiro atoms. The first-order valence-corrected chi connectivity index (χ1v) is 13.8. The summed E-state index contributed by atoms with van der Waals surface area (Å²) in [5.74, 6) is 0.387. The molecule has 0 unspecified atom stereocenters. The van der Waals surface area contributed by atoms with Gasteiger partial charge < -0.3 is 15.3 Å². The Morgan fingerprint density at radius 2 is 1.39 bits per heavy atom. The van der Waals surface area contributed by atoms with E-state index in [1.165, 1.54) is 10.4 Å². The summed E-state index contributed by atoms with van der Waals surface area (Å²) in [7, 11) is 3.39. The zero-order valence-electron chi connectivity index (χ0n) is 18.0. The van der Waals surface area contributed by atoms with Gasteiger partial charge in [0.1, 0.15) is 9.57 Å². The Bertz CT molecular complexity index is 897. The number of hydrogen-bond donors (Lipinski definition) is 3. The summed E-state index contributed by atoms with van der Waals surface area (Å²) in [5, 5.41) is 30.9. The molecule has 2 aromatic rings. The zero-order chi connectivity index (χ0) is 22.0. The molecule has 3 N–H and O–H groups in total. The molecule has 0 atom stereocenters. The average Bonchev–Trinajstić information content (AvgIpc) is 3.14. The second-order valence-corrected chi connectivity index (χ2v) is 11.6. The maximum atomic E-state index is 11.2. The highest BCUT2D eigenvalue weighted by Gasteiger charge is 2.23. The summed E-state index contributed by atoms with van der Waals surface area (Å²) in [6.07, 6.45) is 3.65. The third-order valence-electron chi connectivity index (χ3n) is 6.51. The maximum absolute atomic E-state index is 11.2. The largest absolute Gasteiger partial charge is 0.507 e. The molecule has 2 saturated heterocycles. The summed E-state index contributed by atoms with van der Waals surface area (Å²) in [5.41, 5.74) is 4.28. The van der Waals surface area contributed by atoms with E-state index >= 15 is 0 Å². The van der Waals surface area contributed by atoms with Crippen LogP contribution in [-0.2, 0) is 19.5 Å². The van der Waals surface area contributed by atoms with E-state index in [2.05, 4.69) is 28.9 Å². The first-order chi connectivity index (χ1) is 14.9. The minimum atomic E-state index is -0.202. The number of phenolic OH excluding ortho intramolecular Hbond substituents is 1. The topological polar surface area (TPSA) is 67.2 Å². The second-order valence-electron chi connectivity index (χ2n) is 8.77. The van der Waals surface area contributed by atoms with Gasteiger partial charge in [-0.1, -0.05) is 39.8 Å². The van der Waals surface area contributed by atoms with Gasteiger partial charge in [0.2, 0.25) is 0 Å². The molecule has 0 amide bonds. The third-order valence-corrected chi connectivity index (χ3v) is 9.70. The quantitative estimate of drug-likeness (QED) is 0.421. The minimum absolute atomic E-state index is 0.202. The standard InChI is InChI=1S/C23H32N2O3S3/c1-2-20-22(30-31-23(20)29)15-11-16(13-24-7-3-18(26)4-8-24)21(28)17(12-15)14-25-9-5-19(27)6-10-25/h11-12,18-19,26-28H,2-10,13-14H2,1H3. The number of hydrogen-bond acceptors (Lipinski definition) is 8. The van der Waals surface area contributed by atoms with Gasteiger partial charge in [-0.25, -0.2) is 0 Å². The first-order valence-electron chi connectivity index (χ1n) is 11.2. The van der Waals surface area contributed by atoms with Crippen LogP contribution in [0.25, 0.3) is 10.4 Å². The molecule has 31 heavy (non-hydrogen) atoms. The van der Waals surface area contributed by atoms with Crippen LogP contribution in [0.3, 0.4) is 0 Å². The van der Waals surface area contributed by atoms with E-state index in [0.717, 1.165) is 78.8 Å². The number of benzene rings is 1. The molecular weight excluding hydrogens is 448 g/mol. The number of likely N-dealkylation sites (tertiary alicyclic amines) is 2. The molecule has 4 rings (SSSR count). The van der Waals surface area contributed by atoms with E-state index in [4.69, 9.17) is 12.2 Å². The first kappa shape index (κ1) is 23.3. The van der Waals surface area contributed by atoms with Crippen molar-refractivity contribution in [2.24, 2.45) is 0 Å². The van der Waals surface area contributed by atoms with Gasteiger partial charge in [-0.3, -0.25) is 9.80 Å². The molecule has 3 heterocycles. The number of rotatable bonds is 6. The lowest BCUT2D eigenvalue weighted by atomic mass is 9.98. The van der Waals surface area contributed by atoms with Gasteiger partial charge >= 0.3 is 0 Å². The minimum Gasteiger partial charge on any atom is -0.507 e. The van der Waals surface area contributed by atoms with E-state index < -0.39 is 0 Å². The third kappa shape index (κ3) is 5.55. The van der Waals surface area contributed by atoms with Crippen LogP contribution < -0.4 is 0 Å². The molecule has 0 bridgehead atoms. The molecule has 5 nitrogen and oxygen atoms in total. The molecule has 2 fully saturated rings. The lowest BCUT2D eigenvalue weighted by molar-refractivity contribution is 0.0779. The predicted molar refractivity (Wildman–Crippen MR) is 131 cm³/mol. The number of piperidine rings is 2. The Morgan fingerprint density at radius 3 is 1.84 bits per heavy atom. The molecule has 2 aliphatic rings. The number of aliphatic hydroxyl groups is 2. The Balaban J connectivity index is 1.66. The van der Waals surface area contributed by atoms with Crippen molar-refractivity contribution >= 4 is 32.9 Å². The van der Waals surface area contributed by atoms with Crippen molar-refractivity contribution in [2.75, 3.05) is 26.2 Å². The normalized spacial score (nSPS) is 19.8. The fraction of sp³-hybridized carbons (Fsp3) is 0.609. The Morgan fingerprint density at radius 1 is 0.903 bits per heavy atom. The monoisotopic (exact) mass is 480 g/mol. The van der Waals surface area contributed by atoms with Gasteiger partial charge in [0.25, 0.3) is 0 Å². The number of nitrogens with zero attached hydrogens (tertiary/aromatic N) is 2. The molecule has 0 saturated carbocycles. The Hall–Kier alpha value is -0.870. The summed E-state index contributed by atoms with van der Waals surface area (Å²) >= 11 is 5.56. The van der Waals surface area contributed by atoms with E-state index in [0.29, 0.717) is 18.8 Å². The highest BCUT2D eigenvalue weighted by molar-refractivity contribution is 7.80. The smallest absolute Gasteiger partial charge is 0.124 e. The van der Waals surface area contributed by atoms with Gasteiger partial charge in [-0.2, -0.15) is 0 Å². The van der Waals surface area contributed by atoms with Crippen molar-refractivity contribution in [2.45, 2.75) is 64.3 Å². The molecule has 0 aliphatic carbocycles. The van der Waals surface area contributed by atoms with Crippen LogP contribution >= 0.6 is 32.9 Å². The molecule has 170 valence electrons. The van der Waals surface area contributed by atoms with Gasteiger partial charge in [0.05, 0.1) is 17.1 Å². The van der Waals surface area contributed by atoms with Gasteiger partial charge in [0, 0.05) is 50.4 Å². The van der Waals surface area contributed by atoms with Gasteiger partial charge in [-0.05, 0) is 55.4 Å². The number of phenols is 1. The highest BCUT2D eigenvalue weighted by Crippen LogP contribution is 2.39. The summed E-state index contributed by atoms with van der Waals surface area (Å²) in [6.45, 7) is 6.92. The summed E-state index contributed by atoms with van der Waals surface area (Å²) in [4.78, 5) is 5.87. The zero-order valence-corrected chi connectivity index (χ0v) is 20.5. The number of aliphatic hydroxyl groups excluding tert-OH is 2. The van der Waals surface area contributed by atoms with Gasteiger partial charge in [0.15, 0.2) is 0 Å². The van der Waals surface area contributed by atoms with E-state index in [-0.39, 0.29) is 12.2 Å². The maximum Gasteiger partial charge on any atom is 0.124 e. The SMILES string of the molecule is CCc1c(-c2cc(CN3CCC(O)CC3)c(O)c(CN3CCC(O)CC3)c2)ssc1=S. The van der Waals surface area contributed by atoms with Crippen LogP contribution in [0.5, 0.6) is 5.75 Å². The van der Waals surface area contributed by atoms with Crippen LogP contribution in [0, 0.1) is 3.82 Å². The second kappa shape index (κ2) is 10.4. The van der Waals surface area contributed by atoms with Crippen LogP contribution in [0.4, 0.5) is 0 Å².